The number of ether oxygens (including phenoxy) is 1. The molecule has 0 radical (unpaired) electrons. The third-order valence-corrected chi connectivity index (χ3v) is 4.51. The topological polar surface area (TPSA) is 67.2 Å². The quantitative estimate of drug-likeness (QED) is 0.780. The van der Waals surface area contributed by atoms with E-state index in [1.165, 1.54) is 16.5 Å². The smallest absolute Gasteiger partial charge is 0.223 e. The van der Waals surface area contributed by atoms with E-state index >= 15 is 0 Å². The number of H-pyrrole nitrogens is 1. The van der Waals surface area contributed by atoms with E-state index in [1.807, 2.05) is 6.20 Å². The highest BCUT2D eigenvalue weighted by Crippen LogP contribution is 2.19. The molecular weight excluding hydrogens is 304 g/mol. The van der Waals surface area contributed by atoms with Crippen LogP contribution >= 0.6 is 0 Å². The minimum Gasteiger partial charge on any atom is -0.369 e. The van der Waals surface area contributed by atoms with Crippen LogP contribution in [-0.2, 0) is 17.9 Å². The minimum atomic E-state index is 0.228. The van der Waals surface area contributed by atoms with Gasteiger partial charge in [-0.15, -0.1) is 0 Å². The highest BCUT2D eigenvalue weighted by Gasteiger charge is 2.21. The molecule has 1 aliphatic heterocycles. The predicted molar refractivity (Wildman–Crippen MR) is 90.4 cm³/mol. The molecule has 0 aliphatic carbocycles. The molecule has 6 heteroatoms. The third kappa shape index (κ3) is 3.49. The lowest BCUT2D eigenvalue weighted by atomic mass is 10.1. The fourth-order valence-electron chi connectivity index (χ4n) is 3.34. The van der Waals surface area contributed by atoms with Gasteiger partial charge in [-0.25, -0.2) is 0 Å². The van der Waals surface area contributed by atoms with E-state index < -0.39 is 0 Å². The van der Waals surface area contributed by atoms with E-state index in [0.29, 0.717) is 18.3 Å². The van der Waals surface area contributed by atoms with Gasteiger partial charge >= 0.3 is 0 Å². The van der Waals surface area contributed by atoms with E-state index in [9.17, 15) is 0 Å². The molecule has 24 heavy (non-hydrogen) atoms. The number of nitrogens with zero attached hydrogens (tertiary/aromatic N) is 3. The Morgan fingerprint density at radius 2 is 2.33 bits per heavy atom. The lowest BCUT2D eigenvalue weighted by Gasteiger charge is -2.32. The van der Waals surface area contributed by atoms with E-state index in [1.54, 1.807) is 6.92 Å². The van der Waals surface area contributed by atoms with Crippen LogP contribution in [0.15, 0.2) is 35.0 Å². The van der Waals surface area contributed by atoms with Crippen LogP contribution in [0.4, 0.5) is 0 Å². The molecule has 1 atom stereocenters. The standard InChI is InChI=1S/C18H22N4O2/c1-13-20-18(21-24-13)12-23-16-3-2-8-22(11-16)10-14-4-5-15-6-7-19-17(15)9-14/h4-7,9,16,19H,2-3,8,10-12H2,1H3/t16-/m0/s1. The van der Waals surface area contributed by atoms with Crippen molar-refractivity contribution in [3.63, 3.8) is 0 Å². The molecule has 1 aromatic carbocycles. The molecule has 4 rings (SSSR count). The van der Waals surface area contributed by atoms with Crippen LogP contribution in [-0.4, -0.2) is 39.2 Å². The molecule has 6 nitrogen and oxygen atoms in total. The molecule has 0 unspecified atom stereocenters. The molecule has 0 bridgehead atoms. The lowest BCUT2D eigenvalue weighted by Crippen LogP contribution is -2.39. The van der Waals surface area contributed by atoms with Crippen molar-refractivity contribution < 1.29 is 9.26 Å². The number of aromatic amines is 1. The number of fused-ring (bicyclic) bond motifs is 1. The minimum absolute atomic E-state index is 0.228. The largest absolute Gasteiger partial charge is 0.369 e. The Morgan fingerprint density at radius 3 is 3.21 bits per heavy atom. The summed E-state index contributed by atoms with van der Waals surface area (Å²) in [5, 5.41) is 5.14. The molecule has 0 amide bonds. The van der Waals surface area contributed by atoms with Crippen LogP contribution in [0.25, 0.3) is 10.9 Å². The van der Waals surface area contributed by atoms with Crippen LogP contribution in [0.1, 0.15) is 30.1 Å². The molecule has 0 saturated carbocycles. The maximum absolute atomic E-state index is 5.98. The average molecular weight is 326 g/mol. The second kappa shape index (κ2) is 6.75. The van der Waals surface area contributed by atoms with Crippen LogP contribution in [0.2, 0.25) is 0 Å². The van der Waals surface area contributed by atoms with Crippen molar-refractivity contribution in [2.24, 2.45) is 0 Å². The fourth-order valence-corrected chi connectivity index (χ4v) is 3.34. The van der Waals surface area contributed by atoms with Gasteiger partial charge < -0.3 is 14.2 Å². The number of nitrogens with one attached hydrogen (secondary N) is 1. The van der Waals surface area contributed by atoms with Crippen molar-refractivity contribution in [3.8, 4) is 0 Å². The number of aromatic nitrogens is 3. The summed E-state index contributed by atoms with van der Waals surface area (Å²) < 4.78 is 11.0. The van der Waals surface area contributed by atoms with Gasteiger partial charge in [-0.2, -0.15) is 4.98 Å². The van der Waals surface area contributed by atoms with Gasteiger partial charge in [0.15, 0.2) is 5.82 Å². The monoisotopic (exact) mass is 326 g/mol. The van der Waals surface area contributed by atoms with E-state index in [0.717, 1.165) is 32.5 Å². The second-order valence-corrected chi connectivity index (χ2v) is 6.44. The summed E-state index contributed by atoms with van der Waals surface area (Å²) in [7, 11) is 0. The van der Waals surface area contributed by atoms with Crippen molar-refractivity contribution in [1.29, 1.82) is 0 Å². The number of hydrogen-bond acceptors (Lipinski definition) is 5. The van der Waals surface area contributed by atoms with Crippen LogP contribution in [0.5, 0.6) is 0 Å². The Morgan fingerprint density at radius 1 is 1.38 bits per heavy atom. The average Bonchev–Trinajstić information content (AvgIpc) is 3.21. The second-order valence-electron chi connectivity index (χ2n) is 6.44. The van der Waals surface area contributed by atoms with Crippen molar-refractivity contribution in [1.82, 2.24) is 20.0 Å². The van der Waals surface area contributed by atoms with Crippen molar-refractivity contribution >= 4 is 10.9 Å². The summed E-state index contributed by atoms with van der Waals surface area (Å²) >= 11 is 0. The van der Waals surface area contributed by atoms with Crippen molar-refractivity contribution in [2.75, 3.05) is 13.1 Å². The maximum atomic E-state index is 5.98. The zero-order valence-electron chi connectivity index (χ0n) is 13.9. The SMILES string of the molecule is Cc1nc(CO[C@H]2CCCN(Cc3ccc4cc[nH]c4c3)C2)no1. The number of hydrogen-bond donors (Lipinski definition) is 1. The van der Waals surface area contributed by atoms with Crippen molar-refractivity contribution in [3.05, 3.63) is 47.7 Å². The zero-order chi connectivity index (χ0) is 16.4. The molecular formula is C18H22N4O2. The van der Waals surface area contributed by atoms with Crippen LogP contribution in [0.3, 0.4) is 0 Å². The summed E-state index contributed by atoms with van der Waals surface area (Å²) in [5.74, 6) is 1.21. The van der Waals surface area contributed by atoms with Gasteiger partial charge in [-0.1, -0.05) is 17.3 Å². The summed E-state index contributed by atoms with van der Waals surface area (Å²) in [5.41, 5.74) is 2.53. The van der Waals surface area contributed by atoms with Gasteiger partial charge in [0.1, 0.15) is 6.61 Å². The summed E-state index contributed by atoms with van der Waals surface area (Å²) in [6.07, 6.45) is 4.45. The van der Waals surface area contributed by atoms with Crippen molar-refractivity contribution in [2.45, 2.75) is 39.0 Å². The van der Waals surface area contributed by atoms with E-state index in [2.05, 4.69) is 44.3 Å². The summed E-state index contributed by atoms with van der Waals surface area (Å²) in [4.78, 5) is 9.92. The molecule has 1 fully saturated rings. The van der Waals surface area contributed by atoms with E-state index in [-0.39, 0.29) is 6.10 Å². The number of benzene rings is 1. The summed E-state index contributed by atoms with van der Waals surface area (Å²) in [6, 6.07) is 8.73. The Hall–Kier alpha value is -2.18. The number of rotatable bonds is 5. The molecule has 126 valence electrons. The van der Waals surface area contributed by atoms with Gasteiger partial charge in [0, 0.05) is 31.7 Å². The summed E-state index contributed by atoms with van der Waals surface area (Å²) in [6.45, 7) is 5.23. The highest BCUT2D eigenvalue weighted by atomic mass is 16.5. The number of piperidine rings is 1. The first kappa shape index (κ1) is 15.4. The first-order chi connectivity index (χ1) is 11.8. The Bertz CT molecular complexity index is 810. The lowest BCUT2D eigenvalue weighted by molar-refractivity contribution is -0.0151. The Kier molecular flexibility index (Phi) is 4.32. The molecule has 1 saturated heterocycles. The van der Waals surface area contributed by atoms with Gasteiger partial charge in [0.2, 0.25) is 5.89 Å². The third-order valence-electron chi connectivity index (χ3n) is 4.51. The molecule has 1 aliphatic rings. The molecule has 2 aromatic heterocycles. The number of likely N-dealkylation sites (tertiary alicyclic amines) is 1. The first-order valence-electron chi connectivity index (χ1n) is 8.45. The van der Waals surface area contributed by atoms with Gasteiger partial charge in [-0.3, -0.25) is 4.90 Å². The molecule has 3 aromatic rings. The van der Waals surface area contributed by atoms with Gasteiger partial charge in [0.05, 0.1) is 6.10 Å². The van der Waals surface area contributed by atoms with Crippen LogP contribution < -0.4 is 0 Å². The fraction of sp³-hybridized carbons (Fsp3) is 0.444. The molecule has 3 heterocycles. The normalized spacial score (nSPS) is 19.1. The maximum Gasteiger partial charge on any atom is 0.223 e. The number of aryl methyl sites for hydroxylation is 1. The van der Waals surface area contributed by atoms with Gasteiger partial charge in [-0.05, 0) is 42.5 Å². The Labute approximate surface area is 140 Å². The first-order valence-corrected chi connectivity index (χ1v) is 8.45. The zero-order valence-corrected chi connectivity index (χ0v) is 13.9. The van der Waals surface area contributed by atoms with Crippen LogP contribution in [0, 0.1) is 6.92 Å². The Balaban J connectivity index is 1.34. The molecule has 1 N–H and O–H groups in total. The predicted octanol–water partition coefficient (Wildman–Crippen LogP) is 3.04. The van der Waals surface area contributed by atoms with E-state index in [4.69, 9.17) is 9.26 Å². The van der Waals surface area contributed by atoms with Gasteiger partial charge in [0.25, 0.3) is 0 Å². The molecule has 0 spiro atoms. The highest BCUT2D eigenvalue weighted by molar-refractivity contribution is 5.79.